The van der Waals surface area contributed by atoms with Crippen LogP contribution >= 0.6 is 15.9 Å². The monoisotopic (exact) mass is 378 g/mol. The number of methoxy groups -OCH3 is 2. The number of carbonyl (C=O) groups is 2. The van der Waals surface area contributed by atoms with Crippen LogP contribution in [-0.2, 0) is 0 Å². The van der Waals surface area contributed by atoms with Crippen molar-refractivity contribution in [2.75, 3.05) is 14.2 Å². The molecule has 0 aliphatic heterocycles. The fourth-order valence-electron chi connectivity index (χ4n) is 1.83. The Morgan fingerprint density at radius 1 is 0.870 bits per heavy atom. The molecule has 7 heteroatoms. The molecule has 0 unspecified atom stereocenters. The topological polar surface area (TPSA) is 76.7 Å². The summed E-state index contributed by atoms with van der Waals surface area (Å²) in [7, 11) is 2.98. The summed E-state index contributed by atoms with van der Waals surface area (Å²) >= 11 is 3.28. The zero-order valence-electron chi connectivity index (χ0n) is 12.6. The number of hydrazine groups is 1. The molecule has 2 amide bonds. The van der Waals surface area contributed by atoms with Gasteiger partial charge in [-0.25, -0.2) is 0 Å². The number of ether oxygens (including phenoxy) is 2. The van der Waals surface area contributed by atoms with E-state index in [-0.39, 0.29) is 0 Å². The second-order valence-corrected chi connectivity index (χ2v) is 5.44. The number of amides is 2. The van der Waals surface area contributed by atoms with Crippen molar-refractivity contribution >= 4 is 27.7 Å². The van der Waals surface area contributed by atoms with Crippen molar-refractivity contribution in [1.82, 2.24) is 10.9 Å². The van der Waals surface area contributed by atoms with E-state index in [1.165, 1.54) is 14.2 Å². The maximum absolute atomic E-state index is 12.1. The lowest BCUT2D eigenvalue weighted by atomic mass is 10.2. The average Bonchev–Trinajstić information content (AvgIpc) is 2.58. The molecule has 120 valence electrons. The highest BCUT2D eigenvalue weighted by molar-refractivity contribution is 9.10. The van der Waals surface area contributed by atoms with Gasteiger partial charge >= 0.3 is 0 Å². The van der Waals surface area contributed by atoms with Gasteiger partial charge in [-0.1, -0.05) is 22.0 Å². The van der Waals surface area contributed by atoms with Gasteiger partial charge in [0.2, 0.25) is 0 Å². The molecule has 2 N–H and O–H groups in total. The Kier molecular flexibility index (Phi) is 5.59. The summed E-state index contributed by atoms with van der Waals surface area (Å²) in [6, 6.07) is 11.6. The third-order valence-corrected chi connectivity index (χ3v) is 3.48. The Labute approximate surface area is 141 Å². The van der Waals surface area contributed by atoms with E-state index < -0.39 is 11.8 Å². The highest BCUT2D eigenvalue weighted by atomic mass is 79.9. The zero-order chi connectivity index (χ0) is 16.8. The molecule has 2 aromatic rings. The average molecular weight is 379 g/mol. The van der Waals surface area contributed by atoms with Gasteiger partial charge < -0.3 is 9.47 Å². The molecular weight excluding hydrogens is 364 g/mol. The second kappa shape index (κ2) is 7.64. The van der Waals surface area contributed by atoms with Crippen LogP contribution in [0.3, 0.4) is 0 Å². The number of nitrogens with one attached hydrogen (secondary N) is 2. The highest BCUT2D eigenvalue weighted by Gasteiger charge is 2.12. The molecule has 0 aliphatic rings. The van der Waals surface area contributed by atoms with Crippen LogP contribution in [0.5, 0.6) is 11.5 Å². The Balaban J connectivity index is 2.06. The molecule has 0 aliphatic carbocycles. The fourth-order valence-corrected chi connectivity index (χ4v) is 2.23. The third-order valence-electron chi connectivity index (χ3n) is 2.99. The lowest BCUT2D eigenvalue weighted by Crippen LogP contribution is -2.41. The van der Waals surface area contributed by atoms with E-state index in [1.807, 2.05) is 0 Å². The summed E-state index contributed by atoms with van der Waals surface area (Å²) in [5, 5.41) is 0. The maximum atomic E-state index is 12.1. The smallest absolute Gasteiger partial charge is 0.269 e. The molecule has 0 saturated heterocycles. The summed E-state index contributed by atoms with van der Waals surface area (Å²) in [6.45, 7) is 0. The molecule has 0 fully saturated rings. The van der Waals surface area contributed by atoms with Gasteiger partial charge in [0, 0.05) is 21.7 Å². The van der Waals surface area contributed by atoms with Crippen molar-refractivity contribution in [2.24, 2.45) is 0 Å². The first-order valence-corrected chi connectivity index (χ1v) is 7.42. The minimum absolute atomic E-state index is 0.302. The Morgan fingerprint density at radius 2 is 1.43 bits per heavy atom. The first-order chi connectivity index (χ1) is 11.0. The van der Waals surface area contributed by atoms with Gasteiger partial charge in [0.15, 0.2) is 0 Å². The van der Waals surface area contributed by atoms with Gasteiger partial charge in [-0.3, -0.25) is 20.4 Å². The summed E-state index contributed by atoms with van der Waals surface area (Å²) < 4.78 is 11.0. The van der Waals surface area contributed by atoms with Gasteiger partial charge in [-0.15, -0.1) is 0 Å². The largest absolute Gasteiger partial charge is 0.497 e. The number of halogens is 1. The van der Waals surface area contributed by atoms with Crippen molar-refractivity contribution in [3.8, 4) is 11.5 Å². The molecule has 0 radical (unpaired) electrons. The standard InChI is InChI=1S/C16H15BrN2O4/c1-22-13-7-11(8-14(9-13)23-2)16(21)19-18-15(20)10-4-3-5-12(17)6-10/h3-9H,1-2H3,(H,18,20)(H,19,21). The number of carbonyl (C=O) groups excluding carboxylic acids is 2. The minimum Gasteiger partial charge on any atom is -0.497 e. The third kappa shape index (κ3) is 4.46. The highest BCUT2D eigenvalue weighted by Crippen LogP contribution is 2.22. The molecule has 0 atom stereocenters. The lowest BCUT2D eigenvalue weighted by molar-refractivity contribution is 0.0846. The molecule has 0 bridgehead atoms. The van der Waals surface area contributed by atoms with Crippen LogP contribution in [0.2, 0.25) is 0 Å². The van der Waals surface area contributed by atoms with E-state index in [9.17, 15) is 9.59 Å². The van der Waals surface area contributed by atoms with E-state index in [0.717, 1.165) is 4.47 Å². The molecule has 0 saturated carbocycles. The number of hydrogen-bond acceptors (Lipinski definition) is 4. The zero-order valence-corrected chi connectivity index (χ0v) is 14.1. The van der Waals surface area contributed by atoms with E-state index in [2.05, 4.69) is 26.8 Å². The second-order valence-electron chi connectivity index (χ2n) is 4.52. The van der Waals surface area contributed by atoms with E-state index in [0.29, 0.717) is 22.6 Å². The first kappa shape index (κ1) is 16.8. The molecule has 0 aromatic heterocycles. The Hall–Kier alpha value is -2.54. The molecule has 23 heavy (non-hydrogen) atoms. The predicted octanol–water partition coefficient (Wildman–Crippen LogP) is 2.54. The first-order valence-electron chi connectivity index (χ1n) is 6.63. The van der Waals surface area contributed by atoms with E-state index in [1.54, 1.807) is 42.5 Å². The molecule has 2 rings (SSSR count). The van der Waals surface area contributed by atoms with Crippen LogP contribution in [0, 0.1) is 0 Å². The molecule has 2 aromatic carbocycles. The van der Waals surface area contributed by atoms with Gasteiger partial charge in [0.1, 0.15) is 11.5 Å². The van der Waals surface area contributed by atoms with Crippen LogP contribution in [0.1, 0.15) is 20.7 Å². The van der Waals surface area contributed by atoms with Crippen molar-refractivity contribution in [1.29, 1.82) is 0 Å². The Morgan fingerprint density at radius 3 is 1.96 bits per heavy atom. The maximum Gasteiger partial charge on any atom is 0.269 e. The van der Waals surface area contributed by atoms with Crippen molar-refractivity contribution in [2.45, 2.75) is 0 Å². The van der Waals surface area contributed by atoms with Crippen LogP contribution in [0.15, 0.2) is 46.9 Å². The molecule has 0 heterocycles. The number of benzene rings is 2. The van der Waals surface area contributed by atoms with Crippen molar-refractivity contribution < 1.29 is 19.1 Å². The van der Waals surface area contributed by atoms with Crippen molar-refractivity contribution in [3.63, 3.8) is 0 Å². The van der Waals surface area contributed by atoms with E-state index >= 15 is 0 Å². The summed E-state index contributed by atoms with van der Waals surface area (Å²) in [4.78, 5) is 24.1. The van der Waals surface area contributed by atoms with Crippen LogP contribution in [0.25, 0.3) is 0 Å². The van der Waals surface area contributed by atoms with Crippen LogP contribution < -0.4 is 20.3 Å². The van der Waals surface area contributed by atoms with Crippen LogP contribution in [0.4, 0.5) is 0 Å². The number of rotatable bonds is 4. The molecule has 6 nitrogen and oxygen atoms in total. The molecular formula is C16H15BrN2O4. The van der Waals surface area contributed by atoms with E-state index in [4.69, 9.17) is 9.47 Å². The minimum atomic E-state index is -0.481. The Bertz CT molecular complexity index is 712. The normalized spacial score (nSPS) is 9.87. The molecule has 0 spiro atoms. The van der Waals surface area contributed by atoms with Gasteiger partial charge in [-0.2, -0.15) is 0 Å². The lowest BCUT2D eigenvalue weighted by Gasteiger charge is -2.10. The summed E-state index contributed by atoms with van der Waals surface area (Å²) in [6.07, 6.45) is 0. The predicted molar refractivity (Wildman–Crippen MR) is 88.6 cm³/mol. The summed E-state index contributed by atoms with van der Waals surface area (Å²) in [5.41, 5.74) is 5.43. The SMILES string of the molecule is COc1cc(OC)cc(C(=O)NNC(=O)c2cccc(Br)c2)c1. The van der Waals surface area contributed by atoms with Crippen molar-refractivity contribution in [3.05, 3.63) is 58.1 Å². The fraction of sp³-hybridized carbons (Fsp3) is 0.125. The van der Waals surface area contributed by atoms with Crippen LogP contribution in [-0.4, -0.2) is 26.0 Å². The van der Waals surface area contributed by atoms with Gasteiger partial charge in [0.25, 0.3) is 11.8 Å². The van der Waals surface area contributed by atoms with Gasteiger partial charge in [0.05, 0.1) is 14.2 Å². The summed E-state index contributed by atoms with van der Waals surface area (Å²) in [5.74, 6) is 0.0562. The van der Waals surface area contributed by atoms with Gasteiger partial charge in [-0.05, 0) is 30.3 Å². The number of hydrogen-bond donors (Lipinski definition) is 2. The quantitative estimate of drug-likeness (QED) is 0.801.